The molecule has 2 aliphatic heterocycles. The number of anilines is 1. The Hall–Kier alpha value is -2.38. The monoisotopic (exact) mass is 370 g/mol. The number of carbonyl (C=O) groups excluding carboxylic acids is 1. The van der Waals surface area contributed by atoms with Gasteiger partial charge in [-0.3, -0.25) is 0 Å². The third-order valence-corrected chi connectivity index (χ3v) is 5.74. The lowest BCUT2D eigenvalue weighted by molar-refractivity contribution is 0.0207. The molecule has 2 bridgehead atoms. The Morgan fingerprint density at radius 3 is 2.70 bits per heavy atom. The van der Waals surface area contributed by atoms with Crippen molar-refractivity contribution < 1.29 is 9.53 Å². The summed E-state index contributed by atoms with van der Waals surface area (Å²) < 4.78 is 7.79. The van der Waals surface area contributed by atoms with Crippen LogP contribution in [0.2, 0.25) is 0 Å². The van der Waals surface area contributed by atoms with Crippen LogP contribution in [0.5, 0.6) is 0 Å². The van der Waals surface area contributed by atoms with Gasteiger partial charge in [-0.2, -0.15) is 0 Å². The van der Waals surface area contributed by atoms with Crippen LogP contribution in [0, 0.1) is 0 Å². The summed E-state index contributed by atoms with van der Waals surface area (Å²) in [7, 11) is 0. The molecule has 5 rings (SSSR count). The van der Waals surface area contributed by atoms with E-state index in [2.05, 4.69) is 24.8 Å². The van der Waals surface area contributed by atoms with Crippen LogP contribution in [0.15, 0.2) is 12.7 Å². The van der Waals surface area contributed by atoms with Crippen LogP contribution in [0.25, 0.3) is 11.2 Å². The largest absolute Gasteiger partial charge is 0.444 e. The zero-order valence-corrected chi connectivity index (χ0v) is 16.1. The Labute approximate surface area is 158 Å². The number of ether oxygens (including phenoxy) is 1. The number of rotatable bonds is 3. The average Bonchev–Trinajstić information content (AvgIpc) is 3.05. The van der Waals surface area contributed by atoms with Gasteiger partial charge in [-0.05, 0) is 52.9 Å². The van der Waals surface area contributed by atoms with Crippen molar-refractivity contribution in [3.05, 3.63) is 12.7 Å². The Kier molecular flexibility index (Phi) is 3.61. The molecule has 0 spiro atoms. The fourth-order valence-corrected chi connectivity index (χ4v) is 4.48. The van der Waals surface area contributed by atoms with Crippen LogP contribution >= 0.6 is 0 Å². The van der Waals surface area contributed by atoms with Gasteiger partial charge in [-0.1, -0.05) is 0 Å². The van der Waals surface area contributed by atoms with Crippen molar-refractivity contribution >= 4 is 23.1 Å². The fourth-order valence-electron chi connectivity index (χ4n) is 4.48. The molecular formula is C19H26N6O2. The van der Waals surface area contributed by atoms with Gasteiger partial charge in [-0.15, -0.1) is 0 Å². The zero-order chi connectivity index (χ0) is 18.8. The van der Waals surface area contributed by atoms with Gasteiger partial charge in [-0.25, -0.2) is 19.7 Å². The number of nitrogens with zero attached hydrogens (tertiary/aromatic N) is 5. The number of fused-ring (bicyclic) bond motifs is 3. The molecule has 0 unspecified atom stereocenters. The van der Waals surface area contributed by atoms with Crippen LogP contribution in [-0.4, -0.2) is 54.2 Å². The summed E-state index contributed by atoms with van der Waals surface area (Å²) in [5.74, 6) is 0.813. The Bertz CT molecular complexity index is 884. The first-order chi connectivity index (χ1) is 12.9. The maximum absolute atomic E-state index is 12.7. The number of amides is 1. The molecule has 1 N–H and O–H groups in total. The van der Waals surface area contributed by atoms with Crippen molar-refractivity contribution in [3.8, 4) is 0 Å². The molecule has 0 radical (unpaired) electrons. The molecule has 3 aliphatic rings. The maximum atomic E-state index is 12.7. The SMILES string of the molecule is CC(C)(C)OC(=O)N1[C@H]2CC[C@@H]1[C@@H](n1cnc3c(NC4CC4)ncnc31)C2. The van der Waals surface area contributed by atoms with Crippen LogP contribution in [0.1, 0.15) is 58.9 Å². The van der Waals surface area contributed by atoms with Crippen molar-refractivity contribution in [2.24, 2.45) is 0 Å². The average molecular weight is 370 g/mol. The predicted molar refractivity (Wildman–Crippen MR) is 101 cm³/mol. The Morgan fingerprint density at radius 1 is 1.15 bits per heavy atom. The molecule has 2 saturated heterocycles. The van der Waals surface area contributed by atoms with Crippen molar-refractivity contribution in [2.75, 3.05) is 5.32 Å². The van der Waals surface area contributed by atoms with Crippen LogP contribution < -0.4 is 5.32 Å². The molecule has 8 heteroatoms. The molecule has 3 atom stereocenters. The lowest BCUT2D eigenvalue weighted by Gasteiger charge is -2.28. The van der Waals surface area contributed by atoms with Gasteiger partial charge in [0, 0.05) is 12.1 Å². The summed E-state index contributed by atoms with van der Waals surface area (Å²) in [6, 6.07) is 1.07. The summed E-state index contributed by atoms with van der Waals surface area (Å²) in [5.41, 5.74) is 1.18. The summed E-state index contributed by atoms with van der Waals surface area (Å²) >= 11 is 0. The van der Waals surface area contributed by atoms with Crippen molar-refractivity contribution in [1.29, 1.82) is 0 Å². The number of nitrogens with one attached hydrogen (secondary N) is 1. The van der Waals surface area contributed by atoms with E-state index >= 15 is 0 Å². The number of aromatic nitrogens is 4. The first kappa shape index (κ1) is 16.8. The third-order valence-electron chi connectivity index (χ3n) is 5.74. The lowest BCUT2D eigenvalue weighted by atomic mass is 9.95. The van der Waals surface area contributed by atoms with E-state index in [1.807, 2.05) is 32.0 Å². The molecule has 1 aliphatic carbocycles. The Morgan fingerprint density at radius 2 is 1.96 bits per heavy atom. The molecule has 1 saturated carbocycles. The van der Waals surface area contributed by atoms with Crippen LogP contribution in [0.3, 0.4) is 0 Å². The van der Waals surface area contributed by atoms with Gasteiger partial charge < -0.3 is 19.5 Å². The second kappa shape index (κ2) is 5.81. The molecule has 4 heterocycles. The molecule has 144 valence electrons. The van der Waals surface area contributed by atoms with Gasteiger partial charge in [0.05, 0.1) is 18.4 Å². The molecule has 1 amide bonds. The highest BCUT2D eigenvalue weighted by molar-refractivity contribution is 5.83. The van der Waals surface area contributed by atoms with Gasteiger partial charge in [0.1, 0.15) is 17.4 Å². The van der Waals surface area contributed by atoms with E-state index in [1.165, 1.54) is 12.8 Å². The predicted octanol–water partition coefficient (Wildman–Crippen LogP) is 3.11. The number of imidazole rings is 1. The number of carbonyl (C=O) groups is 1. The molecule has 2 aromatic heterocycles. The molecule has 8 nitrogen and oxygen atoms in total. The molecule has 0 aromatic carbocycles. The van der Waals surface area contributed by atoms with E-state index in [0.717, 1.165) is 36.2 Å². The summed E-state index contributed by atoms with van der Waals surface area (Å²) in [6.45, 7) is 5.74. The first-order valence-electron chi connectivity index (χ1n) is 9.86. The fraction of sp³-hybridized carbons (Fsp3) is 0.684. The minimum absolute atomic E-state index is 0.136. The van der Waals surface area contributed by atoms with Gasteiger partial charge in [0.2, 0.25) is 0 Å². The standard InChI is InChI=1S/C19H26N6O2/c1-19(2,3)27-18(26)25-12-6-7-13(25)14(8-12)24-10-22-15-16(23-11-4-5-11)20-9-21-17(15)24/h9-14H,4-8H2,1-3H3,(H,20,21,23)/t12-,13+,14-/m0/s1. The van der Waals surface area contributed by atoms with Crippen molar-refractivity contribution in [3.63, 3.8) is 0 Å². The quantitative estimate of drug-likeness (QED) is 0.893. The van der Waals surface area contributed by atoms with E-state index in [0.29, 0.717) is 6.04 Å². The minimum Gasteiger partial charge on any atom is -0.444 e. The van der Waals surface area contributed by atoms with Crippen molar-refractivity contribution in [2.45, 2.75) is 82.6 Å². The molecule has 27 heavy (non-hydrogen) atoms. The van der Waals surface area contributed by atoms with Gasteiger partial charge in [0.15, 0.2) is 11.5 Å². The maximum Gasteiger partial charge on any atom is 0.410 e. The topological polar surface area (TPSA) is 85.2 Å². The van der Waals surface area contributed by atoms with E-state index < -0.39 is 5.60 Å². The smallest absolute Gasteiger partial charge is 0.410 e. The van der Waals surface area contributed by atoms with Crippen LogP contribution in [0.4, 0.5) is 10.6 Å². The van der Waals surface area contributed by atoms with Gasteiger partial charge >= 0.3 is 6.09 Å². The Balaban J connectivity index is 1.43. The summed E-state index contributed by atoms with van der Waals surface area (Å²) in [6.07, 6.45) is 8.58. The van der Waals surface area contributed by atoms with E-state index in [-0.39, 0.29) is 24.2 Å². The summed E-state index contributed by atoms with van der Waals surface area (Å²) in [5, 5.41) is 3.44. The van der Waals surface area contributed by atoms with E-state index in [4.69, 9.17) is 4.74 Å². The number of hydrogen-bond acceptors (Lipinski definition) is 6. The van der Waals surface area contributed by atoms with Gasteiger partial charge in [0.25, 0.3) is 0 Å². The lowest BCUT2D eigenvalue weighted by Crippen LogP contribution is -2.40. The number of hydrogen-bond donors (Lipinski definition) is 1. The summed E-state index contributed by atoms with van der Waals surface area (Å²) in [4.78, 5) is 28.2. The van der Waals surface area contributed by atoms with Crippen molar-refractivity contribution in [1.82, 2.24) is 24.4 Å². The zero-order valence-electron chi connectivity index (χ0n) is 16.1. The van der Waals surface area contributed by atoms with E-state index in [9.17, 15) is 4.79 Å². The normalized spacial score (nSPS) is 27.4. The molecular weight excluding hydrogens is 344 g/mol. The highest BCUT2D eigenvalue weighted by Crippen LogP contribution is 2.45. The highest BCUT2D eigenvalue weighted by Gasteiger charge is 2.51. The molecule has 3 fully saturated rings. The highest BCUT2D eigenvalue weighted by atomic mass is 16.6. The first-order valence-corrected chi connectivity index (χ1v) is 9.86. The third kappa shape index (κ3) is 2.91. The minimum atomic E-state index is -0.479. The van der Waals surface area contributed by atoms with Crippen LogP contribution in [-0.2, 0) is 4.74 Å². The van der Waals surface area contributed by atoms with E-state index in [1.54, 1.807) is 6.33 Å². The second-order valence-electron chi connectivity index (χ2n) is 8.95. The second-order valence-corrected chi connectivity index (χ2v) is 8.95. The molecule has 2 aromatic rings.